The van der Waals surface area contributed by atoms with E-state index >= 15 is 0 Å². The quantitative estimate of drug-likeness (QED) is 0.823. The number of hydrogen-bond acceptors (Lipinski definition) is 3. The first kappa shape index (κ1) is 16.4. The van der Waals surface area contributed by atoms with E-state index < -0.39 is 5.97 Å². The largest absolute Gasteiger partial charge is 0.481 e. The second kappa shape index (κ2) is 7.36. The van der Waals surface area contributed by atoms with Crippen LogP contribution in [0.1, 0.15) is 31.5 Å². The molecule has 4 nitrogen and oxygen atoms in total. The lowest BCUT2D eigenvalue weighted by Gasteiger charge is -2.15. The molecule has 0 fully saturated rings. The average Bonchev–Trinajstić information content (AvgIpc) is 2.45. The van der Waals surface area contributed by atoms with Crippen LogP contribution >= 0.6 is 0 Å². The van der Waals surface area contributed by atoms with Crippen molar-refractivity contribution in [2.24, 2.45) is 11.8 Å². The molecule has 0 aliphatic heterocycles. The summed E-state index contributed by atoms with van der Waals surface area (Å²) in [5.41, 5.74) is 3.15. The Bertz CT molecular complexity index is 653. The summed E-state index contributed by atoms with van der Waals surface area (Å²) in [6.45, 7) is 7.25. The Kier molecular flexibility index (Phi) is 5.50. The van der Waals surface area contributed by atoms with Crippen molar-refractivity contribution in [3.05, 3.63) is 41.6 Å². The minimum atomic E-state index is -0.723. The van der Waals surface area contributed by atoms with Gasteiger partial charge in [0, 0.05) is 24.2 Å². The number of carbonyl (C=O) groups is 1. The van der Waals surface area contributed by atoms with E-state index in [1.54, 1.807) is 0 Å². The number of nitrogens with one attached hydrogen (secondary N) is 1. The molecule has 0 bridgehead atoms. The molecule has 0 spiro atoms. The van der Waals surface area contributed by atoms with E-state index in [2.05, 4.69) is 22.4 Å². The normalized spacial score (nSPS) is 12.7. The highest BCUT2D eigenvalue weighted by molar-refractivity contribution is 5.79. The van der Waals surface area contributed by atoms with Crippen LogP contribution in [0.15, 0.2) is 30.3 Å². The van der Waals surface area contributed by atoms with Gasteiger partial charge in [-0.15, -0.1) is 0 Å². The van der Waals surface area contributed by atoms with Gasteiger partial charge in [-0.1, -0.05) is 26.0 Å². The molecule has 0 aliphatic rings. The predicted molar refractivity (Wildman–Crippen MR) is 88.8 cm³/mol. The van der Waals surface area contributed by atoms with Crippen molar-refractivity contribution in [3.63, 3.8) is 0 Å². The molecule has 1 atom stereocenters. The molecule has 1 aromatic heterocycles. The first-order valence-corrected chi connectivity index (χ1v) is 7.75. The molecule has 1 aromatic carbocycles. The van der Waals surface area contributed by atoms with Crippen molar-refractivity contribution in [1.82, 2.24) is 10.3 Å². The van der Waals surface area contributed by atoms with Gasteiger partial charge in [0.05, 0.1) is 11.4 Å². The van der Waals surface area contributed by atoms with Gasteiger partial charge in [-0.2, -0.15) is 0 Å². The summed E-state index contributed by atoms with van der Waals surface area (Å²) in [4.78, 5) is 15.7. The molecule has 0 saturated carbocycles. The molecular weight excluding hydrogens is 276 g/mol. The lowest BCUT2D eigenvalue weighted by molar-refractivity contribution is -0.142. The van der Waals surface area contributed by atoms with Crippen LogP contribution in [0.4, 0.5) is 0 Å². The number of aliphatic carboxylic acids is 1. The molecule has 118 valence electrons. The molecule has 1 unspecified atom stereocenters. The number of carboxylic acid groups (broad SMARTS) is 1. The van der Waals surface area contributed by atoms with Crippen LogP contribution in [0.25, 0.3) is 10.9 Å². The first-order chi connectivity index (χ1) is 10.5. The zero-order valence-electron chi connectivity index (χ0n) is 13.5. The zero-order valence-corrected chi connectivity index (χ0v) is 13.5. The number of fused-ring (bicyclic) bond motifs is 1. The van der Waals surface area contributed by atoms with E-state index in [9.17, 15) is 9.90 Å². The third kappa shape index (κ3) is 4.53. The molecule has 2 rings (SSSR count). The van der Waals surface area contributed by atoms with Crippen LogP contribution in [0, 0.1) is 18.8 Å². The molecule has 0 radical (unpaired) electrons. The van der Waals surface area contributed by atoms with E-state index in [1.165, 1.54) is 0 Å². The molecule has 1 heterocycles. The summed E-state index contributed by atoms with van der Waals surface area (Å²) in [5.74, 6) is -0.665. The first-order valence-electron chi connectivity index (χ1n) is 7.75. The van der Waals surface area contributed by atoms with E-state index in [-0.39, 0.29) is 5.92 Å². The molecular formula is C18H24N2O2. The third-order valence-corrected chi connectivity index (χ3v) is 3.72. The van der Waals surface area contributed by atoms with Gasteiger partial charge in [0.25, 0.3) is 0 Å². The second-order valence-corrected chi connectivity index (χ2v) is 6.28. The Morgan fingerprint density at radius 3 is 2.73 bits per heavy atom. The summed E-state index contributed by atoms with van der Waals surface area (Å²) in [6.07, 6.45) is 0.698. The highest BCUT2D eigenvalue weighted by Crippen LogP contribution is 2.15. The van der Waals surface area contributed by atoms with E-state index in [1.807, 2.05) is 39.0 Å². The summed E-state index contributed by atoms with van der Waals surface area (Å²) < 4.78 is 0. The summed E-state index contributed by atoms with van der Waals surface area (Å²) in [5, 5.41) is 13.6. The Balaban J connectivity index is 1.96. The van der Waals surface area contributed by atoms with Gasteiger partial charge >= 0.3 is 5.97 Å². The molecule has 2 aromatic rings. The second-order valence-electron chi connectivity index (χ2n) is 6.28. The molecule has 4 heteroatoms. The standard InChI is InChI=1S/C18H24N2O2/c1-12(2)8-16(18(21)22)11-19-10-14-5-7-17-15(9-14)6-4-13(3)20-17/h4-7,9,12,16,19H,8,10-11H2,1-3H3,(H,21,22). The lowest BCUT2D eigenvalue weighted by atomic mass is 9.97. The van der Waals surface area contributed by atoms with Crippen LogP contribution in [0.5, 0.6) is 0 Å². The van der Waals surface area contributed by atoms with Crippen molar-refractivity contribution in [3.8, 4) is 0 Å². The van der Waals surface area contributed by atoms with Gasteiger partial charge in [-0.25, -0.2) is 0 Å². The minimum absolute atomic E-state index is 0.329. The van der Waals surface area contributed by atoms with Gasteiger partial charge in [0.1, 0.15) is 0 Å². The number of aromatic nitrogens is 1. The van der Waals surface area contributed by atoms with E-state index in [0.717, 1.165) is 22.2 Å². The lowest BCUT2D eigenvalue weighted by Crippen LogP contribution is -2.29. The Labute approximate surface area is 131 Å². The average molecular weight is 300 g/mol. The van der Waals surface area contributed by atoms with Crippen molar-refractivity contribution in [2.75, 3.05) is 6.54 Å². The molecule has 0 aliphatic carbocycles. The van der Waals surface area contributed by atoms with Crippen LogP contribution in [0.2, 0.25) is 0 Å². The van der Waals surface area contributed by atoms with Gasteiger partial charge in [-0.05, 0) is 43.0 Å². The molecule has 0 amide bonds. The number of hydrogen-bond donors (Lipinski definition) is 2. The maximum absolute atomic E-state index is 11.2. The van der Waals surface area contributed by atoms with Crippen molar-refractivity contribution < 1.29 is 9.90 Å². The highest BCUT2D eigenvalue weighted by Gasteiger charge is 2.18. The Morgan fingerprint density at radius 2 is 2.05 bits per heavy atom. The number of nitrogens with zero attached hydrogens (tertiary/aromatic N) is 1. The fraction of sp³-hybridized carbons (Fsp3) is 0.444. The minimum Gasteiger partial charge on any atom is -0.481 e. The topological polar surface area (TPSA) is 62.2 Å². The van der Waals surface area contributed by atoms with Crippen LogP contribution in [-0.4, -0.2) is 22.6 Å². The molecule has 0 saturated heterocycles. The maximum atomic E-state index is 11.2. The summed E-state index contributed by atoms with van der Waals surface area (Å²) >= 11 is 0. The van der Waals surface area contributed by atoms with Crippen LogP contribution in [-0.2, 0) is 11.3 Å². The number of benzene rings is 1. The molecule has 22 heavy (non-hydrogen) atoms. The number of aryl methyl sites for hydroxylation is 1. The maximum Gasteiger partial charge on any atom is 0.307 e. The third-order valence-electron chi connectivity index (χ3n) is 3.72. The van der Waals surface area contributed by atoms with Gasteiger partial charge < -0.3 is 10.4 Å². The number of rotatable bonds is 7. The SMILES string of the molecule is Cc1ccc2cc(CNCC(CC(C)C)C(=O)O)ccc2n1. The monoisotopic (exact) mass is 300 g/mol. The Morgan fingerprint density at radius 1 is 1.27 bits per heavy atom. The van der Waals surface area contributed by atoms with Crippen molar-refractivity contribution >= 4 is 16.9 Å². The van der Waals surface area contributed by atoms with Gasteiger partial charge in [0.2, 0.25) is 0 Å². The fourth-order valence-electron chi connectivity index (χ4n) is 2.62. The van der Waals surface area contributed by atoms with Crippen molar-refractivity contribution in [1.29, 1.82) is 0 Å². The smallest absolute Gasteiger partial charge is 0.307 e. The number of pyridine rings is 1. The molecule has 2 N–H and O–H groups in total. The zero-order chi connectivity index (χ0) is 16.1. The van der Waals surface area contributed by atoms with E-state index in [0.29, 0.717) is 25.4 Å². The predicted octanol–water partition coefficient (Wildman–Crippen LogP) is 3.38. The summed E-state index contributed by atoms with van der Waals surface area (Å²) in [7, 11) is 0. The van der Waals surface area contributed by atoms with Crippen LogP contribution < -0.4 is 5.32 Å². The fourth-order valence-corrected chi connectivity index (χ4v) is 2.62. The van der Waals surface area contributed by atoms with E-state index in [4.69, 9.17) is 0 Å². The van der Waals surface area contributed by atoms with Gasteiger partial charge in [-0.3, -0.25) is 9.78 Å². The van der Waals surface area contributed by atoms with Crippen LogP contribution in [0.3, 0.4) is 0 Å². The summed E-state index contributed by atoms with van der Waals surface area (Å²) in [6, 6.07) is 10.2. The number of carboxylic acids is 1. The highest BCUT2D eigenvalue weighted by atomic mass is 16.4. The Hall–Kier alpha value is -1.94. The van der Waals surface area contributed by atoms with Crippen molar-refractivity contribution in [2.45, 2.75) is 33.7 Å². The van der Waals surface area contributed by atoms with Gasteiger partial charge in [0.15, 0.2) is 0 Å².